The van der Waals surface area contributed by atoms with E-state index in [9.17, 15) is 23.4 Å². The summed E-state index contributed by atoms with van der Waals surface area (Å²) in [5.41, 5.74) is -0.797. The van der Waals surface area contributed by atoms with Crippen molar-refractivity contribution in [2.45, 2.75) is 55.6 Å². The van der Waals surface area contributed by atoms with Crippen molar-refractivity contribution in [3.63, 3.8) is 0 Å². The Bertz CT molecular complexity index is 1300. The summed E-state index contributed by atoms with van der Waals surface area (Å²) < 4.78 is 26.3. The van der Waals surface area contributed by atoms with E-state index >= 15 is 0 Å². The maximum absolute atomic E-state index is 12.6. The molecule has 1 fully saturated rings. The fraction of sp³-hybridized carbons (Fsp3) is 0.455. The lowest BCUT2D eigenvalue weighted by molar-refractivity contribution is -0.00451. The predicted octanol–water partition coefficient (Wildman–Crippen LogP) is 2.58. The molecule has 0 radical (unpaired) electrons. The summed E-state index contributed by atoms with van der Waals surface area (Å²) in [5.74, 6) is 0.356. The van der Waals surface area contributed by atoms with Crippen molar-refractivity contribution >= 4 is 32.2 Å². The van der Waals surface area contributed by atoms with Crippen LogP contribution in [0.4, 0.5) is 11.5 Å². The van der Waals surface area contributed by atoms with E-state index in [4.69, 9.17) is 5.10 Å². The van der Waals surface area contributed by atoms with E-state index < -0.39 is 22.0 Å². The third kappa shape index (κ3) is 4.17. The molecule has 0 spiro atoms. The molecule has 9 nitrogen and oxygen atoms in total. The first-order valence-corrected chi connectivity index (χ1v) is 12.6. The van der Waals surface area contributed by atoms with Gasteiger partial charge >= 0.3 is 0 Å². The Morgan fingerprint density at radius 1 is 1.25 bits per heavy atom. The van der Waals surface area contributed by atoms with Gasteiger partial charge in [-0.05, 0) is 44.0 Å². The molecule has 0 amide bonds. The van der Waals surface area contributed by atoms with Crippen LogP contribution in [0.25, 0.3) is 10.9 Å². The van der Waals surface area contributed by atoms with Gasteiger partial charge in [-0.3, -0.25) is 9.48 Å². The Kier molecular flexibility index (Phi) is 5.87. The normalized spacial score (nSPS) is 17.4. The van der Waals surface area contributed by atoms with Crippen LogP contribution in [0.15, 0.2) is 40.2 Å². The van der Waals surface area contributed by atoms with Crippen LogP contribution in [0.2, 0.25) is 0 Å². The van der Waals surface area contributed by atoms with Crippen LogP contribution in [0.3, 0.4) is 0 Å². The number of sulfone groups is 1. The molecule has 0 aliphatic heterocycles. The molecule has 32 heavy (non-hydrogen) atoms. The van der Waals surface area contributed by atoms with Gasteiger partial charge in [0.2, 0.25) is 0 Å². The second-order valence-electron chi connectivity index (χ2n) is 8.69. The van der Waals surface area contributed by atoms with Crippen LogP contribution in [-0.2, 0) is 15.4 Å². The van der Waals surface area contributed by atoms with Crippen molar-refractivity contribution < 1.29 is 18.6 Å². The van der Waals surface area contributed by atoms with Crippen LogP contribution in [0, 0.1) is 0 Å². The highest BCUT2D eigenvalue weighted by atomic mass is 32.2. The number of hydrogen-bond donors (Lipinski definition) is 4. The number of aromatic nitrogens is 3. The number of aromatic amines is 1. The van der Waals surface area contributed by atoms with E-state index in [1.54, 1.807) is 12.3 Å². The van der Waals surface area contributed by atoms with E-state index in [0.717, 1.165) is 37.5 Å². The number of rotatable bonds is 6. The van der Waals surface area contributed by atoms with Gasteiger partial charge in [-0.1, -0.05) is 19.3 Å². The third-order valence-electron chi connectivity index (χ3n) is 6.08. The Labute approximate surface area is 186 Å². The van der Waals surface area contributed by atoms with Crippen LogP contribution >= 0.6 is 0 Å². The minimum atomic E-state index is -3.64. The van der Waals surface area contributed by atoms with E-state index in [0.29, 0.717) is 16.9 Å². The molecule has 172 valence electrons. The number of fused-ring (bicyclic) bond motifs is 1. The molecule has 0 bridgehead atoms. The van der Waals surface area contributed by atoms with E-state index in [1.807, 2.05) is 10.7 Å². The summed E-state index contributed by atoms with van der Waals surface area (Å²) >= 11 is 0. The fourth-order valence-electron chi connectivity index (χ4n) is 4.36. The third-order valence-corrected chi connectivity index (χ3v) is 7.24. The van der Waals surface area contributed by atoms with E-state index in [1.165, 1.54) is 25.5 Å². The summed E-state index contributed by atoms with van der Waals surface area (Å²) in [6.07, 6.45) is 8.07. The second-order valence-corrected chi connectivity index (χ2v) is 10.7. The standard InChI is InChI=1S/C22H28N4O5S/c1-22(29,13-27)16-12-14(8-9-18(16)32(2,30)31)24-20-19-17(10-11-23-21(19)28)26(25-20)15-6-4-3-5-7-15/h8-12,15,27,29H,3-7,13H2,1-2H3,(H,23,28)(H,24,25). The highest BCUT2D eigenvalue weighted by molar-refractivity contribution is 7.90. The number of pyridine rings is 1. The molecule has 1 unspecified atom stereocenters. The molecule has 1 aromatic carbocycles. The predicted molar refractivity (Wildman–Crippen MR) is 122 cm³/mol. The van der Waals surface area contributed by atoms with Crippen molar-refractivity contribution in [2.24, 2.45) is 0 Å². The lowest BCUT2D eigenvalue weighted by atomic mass is 9.95. The number of hydrogen-bond acceptors (Lipinski definition) is 7. The van der Waals surface area contributed by atoms with E-state index in [-0.39, 0.29) is 22.1 Å². The van der Waals surface area contributed by atoms with Gasteiger partial charge in [-0.2, -0.15) is 5.10 Å². The van der Waals surface area contributed by atoms with Gasteiger partial charge in [0.15, 0.2) is 15.7 Å². The average Bonchev–Trinajstić information content (AvgIpc) is 3.13. The van der Waals surface area contributed by atoms with Crippen LogP contribution in [0.5, 0.6) is 0 Å². The van der Waals surface area contributed by atoms with Gasteiger partial charge in [-0.15, -0.1) is 0 Å². The quantitative estimate of drug-likeness (QED) is 0.444. The zero-order valence-corrected chi connectivity index (χ0v) is 18.9. The molecule has 3 aromatic rings. The largest absolute Gasteiger partial charge is 0.393 e. The highest BCUT2D eigenvalue weighted by Crippen LogP contribution is 2.34. The number of nitrogens with zero attached hydrogens (tertiary/aromatic N) is 2. The number of H-pyrrole nitrogens is 1. The highest BCUT2D eigenvalue weighted by Gasteiger charge is 2.29. The first-order chi connectivity index (χ1) is 15.1. The Morgan fingerprint density at radius 2 is 1.97 bits per heavy atom. The van der Waals surface area contributed by atoms with E-state index in [2.05, 4.69) is 10.3 Å². The van der Waals surface area contributed by atoms with Crippen LogP contribution in [-0.4, -0.2) is 46.3 Å². The zero-order chi connectivity index (χ0) is 23.1. The monoisotopic (exact) mass is 460 g/mol. The van der Waals surface area contributed by atoms with Crippen LogP contribution < -0.4 is 10.9 Å². The van der Waals surface area contributed by atoms with Crippen molar-refractivity contribution in [1.29, 1.82) is 0 Å². The molecule has 4 N–H and O–H groups in total. The van der Waals surface area contributed by atoms with Gasteiger partial charge < -0.3 is 20.5 Å². The minimum Gasteiger partial charge on any atom is -0.393 e. The average molecular weight is 461 g/mol. The lowest BCUT2D eigenvalue weighted by Crippen LogP contribution is -2.28. The summed E-state index contributed by atoms with van der Waals surface area (Å²) in [5, 5.41) is 28.5. The zero-order valence-electron chi connectivity index (χ0n) is 18.1. The van der Waals surface area contributed by atoms with Crippen molar-refractivity contribution in [3.8, 4) is 0 Å². The van der Waals surface area contributed by atoms with Gasteiger partial charge in [0.25, 0.3) is 5.56 Å². The topological polar surface area (TPSA) is 137 Å². The Balaban J connectivity index is 1.82. The Morgan fingerprint density at radius 3 is 2.62 bits per heavy atom. The number of aliphatic hydroxyl groups is 2. The first-order valence-electron chi connectivity index (χ1n) is 10.7. The van der Waals surface area contributed by atoms with Crippen molar-refractivity contribution in [3.05, 3.63) is 46.4 Å². The minimum absolute atomic E-state index is 0.0671. The molecule has 0 saturated heterocycles. The number of benzene rings is 1. The number of aliphatic hydroxyl groups excluding tert-OH is 1. The van der Waals surface area contributed by atoms with Crippen LogP contribution in [0.1, 0.15) is 50.6 Å². The molecular formula is C22H28N4O5S. The lowest BCUT2D eigenvalue weighted by Gasteiger charge is -2.24. The summed E-state index contributed by atoms with van der Waals surface area (Å²) in [7, 11) is -3.64. The second kappa shape index (κ2) is 8.34. The molecule has 1 atom stereocenters. The fourth-order valence-corrected chi connectivity index (χ4v) is 5.36. The summed E-state index contributed by atoms with van der Waals surface area (Å²) in [4.78, 5) is 15.3. The van der Waals surface area contributed by atoms with Crippen molar-refractivity contribution in [1.82, 2.24) is 14.8 Å². The molecule has 2 heterocycles. The maximum Gasteiger partial charge on any atom is 0.261 e. The molecule has 4 rings (SSSR count). The Hall–Kier alpha value is -2.69. The van der Waals surface area contributed by atoms with Gasteiger partial charge in [-0.25, -0.2) is 8.42 Å². The molecule has 1 aliphatic carbocycles. The molecule has 1 aliphatic rings. The summed E-state index contributed by atoms with van der Waals surface area (Å²) in [6.45, 7) is 0.691. The molecule has 10 heteroatoms. The van der Waals surface area contributed by atoms with Gasteiger partial charge in [0.05, 0.1) is 23.1 Å². The summed E-state index contributed by atoms with van der Waals surface area (Å²) in [6, 6.07) is 6.44. The first kappa shape index (κ1) is 22.5. The smallest absolute Gasteiger partial charge is 0.261 e. The van der Waals surface area contributed by atoms with Gasteiger partial charge in [0.1, 0.15) is 11.0 Å². The SMILES string of the molecule is CC(O)(CO)c1cc(Nc2nn(C3CCCCC3)c3cc[nH]c(=O)c23)ccc1S(C)(=O)=O. The molecular weight excluding hydrogens is 432 g/mol. The number of anilines is 2. The number of nitrogens with one attached hydrogen (secondary N) is 2. The van der Waals surface area contributed by atoms with Crippen molar-refractivity contribution in [2.75, 3.05) is 18.2 Å². The van der Waals surface area contributed by atoms with Gasteiger partial charge in [0, 0.05) is 23.7 Å². The molecule has 2 aromatic heterocycles. The maximum atomic E-state index is 12.6. The molecule has 1 saturated carbocycles.